The van der Waals surface area contributed by atoms with Crippen molar-refractivity contribution in [3.8, 4) is 0 Å². The van der Waals surface area contributed by atoms with Crippen LogP contribution in [0.1, 0.15) is 24.1 Å². The summed E-state index contributed by atoms with van der Waals surface area (Å²) in [5, 5.41) is 3.14. The lowest BCUT2D eigenvalue weighted by Crippen LogP contribution is -2.33. The predicted octanol–water partition coefficient (Wildman–Crippen LogP) is 0.957. The van der Waals surface area contributed by atoms with Gasteiger partial charge in [0.2, 0.25) is 0 Å². The summed E-state index contributed by atoms with van der Waals surface area (Å²) in [6.07, 6.45) is 4.21. The molecule has 2 rings (SSSR count). The first kappa shape index (κ1) is 9.96. The quantitative estimate of drug-likeness (QED) is 0.569. The Morgan fingerprint density at radius 1 is 1.67 bits per heavy atom. The molecule has 1 aliphatic rings. The summed E-state index contributed by atoms with van der Waals surface area (Å²) >= 11 is 0. The fourth-order valence-corrected chi connectivity index (χ4v) is 1.33. The molecule has 0 spiro atoms. The summed E-state index contributed by atoms with van der Waals surface area (Å²) in [6.45, 7) is 2.59. The van der Waals surface area contributed by atoms with E-state index in [-0.39, 0.29) is 0 Å². The van der Waals surface area contributed by atoms with Crippen molar-refractivity contribution in [1.82, 2.24) is 10.3 Å². The lowest BCUT2D eigenvalue weighted by Gasteiger charge is -2.03. The van der Waals surface area contributed by atoms with Gasteiger partial charge in [-0.3, -0.25) is 4.98 Å². The minimum absolute atomic E-state index is 0.529. The van der Waals surface area contributed by atoms with Gasteiger partial charge >= 0.3 is 0 Å². The van der Waals surface area contributed by atoms with Crippen molar-refractivity contribution in [1.29, 1.82) is 0 Å². The maximum atomic E-state index is 5.71. The van der Waals surface area contributed by atoms with Gasteiger partial charge in [-0.2, -0.15) is 0 Å². The Morgan fingerprint density at radius 2 is 2.47 bits per heavy atom. The highest BCUT2D eigenvalue weighted by atomic mass is 15.1. The number of nitrogens with one attached hydrogen (secondary N) is 1. The average Bonchev–Trinajstić information content (AvgIpc) is 2.99. The van der Waals surface area contributed by atoms with Crippen LogP contribution < -0.4 is 11.1 Å². The highest BCUT2D eigenvalue weighted by molar-refractivity contribution is 5.78. The number of pyridine rings is 1. The van der Waals surface area contributed by atoms with Crippen LogP contribution in [0, 0.1) is 6.92 Å². The number of nitrogens with zero attached hydrogens (tertiary/aromatic N) is 2. The van der Waals surface area contributed by atoms with Crippen molar-refractivity contribution in [2.24, 2.45) is 10.7 Å². The number of aliphatic imine (C=N–C) groups is 1. The molecule has 0 atom stereocenters. The van der Waals surface area contributed by atoms with E-state index in [1.165, 1.54) is 18.4 Å². The lowest BCUT2D eigenvalue weighted by molar-refractivity contribution is 0.871. The van der Waals surface area contributed by atoms with Crippen LogP contribution in [0.5, 0.6) is 0 Å². The van der Waals surface area contributed by atoms with Crippen LogP contribution in [0.3, 0.4) is 0 Å². The Kier molecular flexibility index (Phi) is 2.85. The van der Waals surface area contributed by atoms with Crippen LogP contribution in [0.25, 0.3) is 0 Å². The first-order valence-electron chi connectivity index (χ1n) is 5.22. The molecule has 1 heterocycles. The van der Waals surface area contributed by atoms with E-state index in [0.717, 1.165) is 5.69 Å². The largest absolute Gasteiger partial charge is 0.370 e. The van der Waals surface area contributed by atoms with Crippen molar-refractivity contribution < 1.29 is 0 Å². The first-order valence-corrected chi connectivity index (χ1v) is 5.22. The molecule has 15 heavy (non-hydrogen) atoms. The van der Waals surface area contributed by atoms with Gasteiger partial charge in [0.25, 0.3) is 0 Å². The highest BCUT2D eigenvalue weighted by Gasteiger charge is 2.21. The maximum Gasteiger partial charge on any atom is 0.189 e. The van der Waals surface area contributed by atoms with Gasteiger partial charge in [0, 0.05) is 12.2 Å². The summed E-state index contributed by atoms with van der Waals surface area (Å²) in [6, 6.07) is 4.55. The van der Waals surface area contributed by atoms with Crippen molar-refractivity contribution in [3.05, 3.63) is 29.6 Å². The lowest BCUT2D eigenvalue weighted by atomic mass is 10.2. The van der Waals surface area contributed by atoms with E-state index in [1.807, 2.05) is 19.1 Å². The SMILES string of the molecule is Cc1ccnc(CN=C(N)NC2CC2)c1. The van der Waals surface area contributed by atoms with Gasteiger partial charge in [0.15, 0.2) is 5.96 Å². The zero-order chi connectivity index (χ0) is 10.7. The number of aromatic nitrogens is 1. The van der Waals surface area contributed by atoms with Crippen molar-refractivity contribution in [2.75, 3.05) is 0 Å². The van der Waals surface area contributed by atoms with E-state index in [1.54, 1.807) is 6.20 Å². The fourth-order valence-electron chi connectivity index (χ4n) is 1.33. The van der Waals surface area contributed by atoms with E-state index in [0.29, 0.717) is 18.5 Å². The topological polar surface area (TPSA) is 63.3 Å². The fraction of sp³-hybridized carbons (Fsp3) is 0.455. The van der Waals surface area contributed by atoms with Crippen LogP contribution in [0.15, 0.2) is 23.3 Å². The molecule has 0 saturated heterocycles. The summed E-state index contributed by atoms with van der Waals surface area (Å²) in [4.78, 5) is 8.45. The number of rotatable bonds is 3. The minimum Gasteiger partial charge on any atom is -0.370 e. The molecule has 4 heteroatoms. The van der Waals surface area contributed by atoms with Crippen LogP contribution in [-0.2, 0) is 6.54 Å². The van der Waals surface area contributed by atoms with E-state index in [4.69, 9.17) is 5.73 Å². The van der Waals surface area contributed by atoms with Crippen LogP contribution in [-0.4, -0.2) is 17.0 Å². The third kappa shape index (κ3) is 3.23. The molecule has 0 amide bonds. The second-order valence-corrected chi connectivity index (χ2v) is 3.94. The van der Waals surface area contributed by atoms with Gasteiger partial charge in [0.05, 0.1) is 12.2 Å². The first-order chi connectivity index (χ1) is 7.24. The molecule has 1 saturated carbocycles. The Bertz CT molecular complexity index is 369. The Hall–Kier alpha value is -1.58. The number of guanidine groups is 1. The monoisotopic (exact) mass is 204 g/mol. The molecule has 0 aromatic carbocycles. The molecule has 0 aliphatic heterocycles. The molecule has 1 aromatic heterocycles. The Labute approximate surface area is 89.6 Å². The molecule has 1 aliphatic carbocycles. The van der Waals surface area contributed by atoms with Gasteiger partial charge in [-0.15, -0.1) is 0 Å². The van der Waals surface area contributed by atoms with E-state index < -0.39 is 0 Å². The normalized spacial score (nSPS) is 16.5. The van der Waals surface area contributed by atoms with Gasteiger partial charge in [-0.1, -0.05) is 0 Å². The van der Waals surface area contributed by atoms with Crippen LogP contribution >= 0.6 is 0 Å². The third-order valence-electron chi connectivity index (χ3n) is 2.31. The Morgan fingerprint density at radius 3 is 3.13 bits per heavy atom. The summed E-state index contributed by atoms with van der Waals surface area (Å²) in [5.41, 5.74) is 7.86. The number of hydrogen-bond donors (Lipinski definition) is 2. The summed E-state index contributed by atoms with van der Waals surface area (Å²) < 4.78 is 0. The average molecular weight is 204 g/mol. The molecule has 1 aromatic rings. The zero-order valence-corrected chi connectivity index (χ0v) is 8.90. The molecule has 0 bridgehead atoms. The van der Waals surface area contributed by atoms with Gasteiger partial charge in [0.1, 0.15) is 0 Å². The van der Waals surface area contributed by atoms with E-state index >= 15 is 0 Å². The molecule has 0 radical (unpaired) electrons. The summed E-state index contributed by atoms with van der Waals surface area (Å²) in [5.74, 6) is 0.529. The summed E-state index contributed by atoms with van der Waals surface area (Å²) in [7, 11) is 0. The van der Waals surface area contributed by atoms with Crippen molar-refractivity contribution >= 4 is 5.96 Å². The van der Waals surface area contributed by atoms with Crippen molar-refractivity contribution in [3.63, 3.8) is 0 Å². The highest BCUT2D eigenvalue weighted by Crippen LogP contribution is 2.18. The minimum atomic E-state index is 0.529. The maximum absolute atomic E-state index is 5.71. The molecule has 4 nitrogen and oxygen atoms in total. The second kappa shape index (κ2) is 4.29. The van der Waals surface area contributed by atoms with Crippen LogP contribution in [0.4, 0.5) is 0 Å². The second-order valence-electron chi connectivity index (χ2n) is 3.94. The van der Waals surface area contributed by atoms with Gasteiger partial charge in [-0.05, 0) is 37.5 Å². The third-order valence-corrected chi connectivity index (χ3v) is 2.31. The van der Waals surface area contributed by atoms with Gasteiger partial charge < -0.3 is 11.1 Å². The molecular formula is C11H16N4. The smallest absolute Gasteiger partial charge is 0.189 e. The van der Waals surface area contributed by atoms with Gasteiger partial charge in [-0.25, -0.2) is 4.99 Å². The molecule has 1 fully saturated rings. The molecule has 3 N–H and O–H groups in total. The number of hydrogen-bond acceptors (Lipinski definition) is 2. The van der Waals surface area contributed by atoms with Crippen LogP contribution in [0.2, 0.25) is 0 Å². The number of aryl methyl sites for hydroxylation is 1. The standard InChI is InChI=1S/C11H16N4/c1-8-4-5-13-10(6-8)7-14-11(12)15-9-2-3-9/h4-6,9H,2-3,7H2,1H3,(H3,12,14,15). The predicted molar refractivity (Wildman–Crippen MR) is 60.5 cm³/mol. The number of nitrogens with two attached hydrogens (primary N) is 1. The Balaban J connectivity index is 1.90. The zero-order valence-electron chi connectivity index (χ0n) is 8.90. The van der Waals surface area contributed by atoms with E-state index in [9.17, 15) is 0 Å². The molecular weight excluding hydrogens is 188 g/mol. The molecule has 0 unspecified atom stereocenters. The van der Waals surface area contributed by atoms with Crippen molar-refractivity contribution in [2.45, 2.75) is 32.4 Å². The molecule has 80 valence electrons. The van der Waals surface area contributed by atoms with E-state index in [2.05, 4.69) is 15.3 Å².